The van der Waals surface area contributed by atoms with Crippen molar-refractivity contribution in [3.05, 3.63) is 29.1 Å². The first-order chi connectivity index (χ1) is 11.1. The van der Waals surface area contributed by atoms with E-state index in [4.69, 9.17) is 10.6 Å². The van der Waals surface area contributed by atoms with Crippen LogP contribution in [-0.4, -0.2) is 41.5 Å². The molecule has 23 heavy (non-hydrogen) atoms. The Balaban J connectivity index is 2.22. The van der Waals surface area contributed by atoms with E-state index in [1.54, 1.807) is 20.0 Å². The van der Waals surface area contributed by atoms with Crippen LogP contribution in [0.3, 0.4) is 0 Å². The van der Waals surface area contributed by atoms with Gasteiger partial charge in [-0.1, -0.05) is 0 Å². The summed E-state index contributed by atoms with van der Waals surface area (Å²) in [6, 6.07) is 3.64. The summed E-state index contributed by atoms with van der Waals surface area (Å²) in [6.45, 7) is 1.77. The Kier molecular flexibility index (Phi) is 3.85. The van der Waals surface area contributed by atoms with Crippen molar-refractivity contribution in [1.29, 1.82) is 0 Å². The fourth-order valence-electron chi connectivity index (χ4n) is 2.65. The van der Waals surface area contributed by atoms with Gasteiger partial charge in [-0.3, -0.25) is 4.99 Å². The maximum absolute atomic E-state index is 12.2. The molecule has 7 nitrogen and oxygen atoms in total. The largest absolute Gasteiger partial charge is 0.465 e. The van der Waals surface area contributed by atoms with Crippen LogP contribution in [0.4, 0.5) is 0 Å². The lowest BCUT2D eigenvalue weighted by atomic mass is 10.0. The highest BCUT2D eigenvalue weighted by atomic mass is 16.5. The third-order valence-corrected chi connectivity index (χ3v) is 4.01. The first-order valence-corrected chi connectivity index (χ1v) is 7.43. The molecule has 0 atom stereocenters. The second-order valence-electron chi connectivity index (χ2n) is 5.59. The molecule has 1 aromatic heterocycles. The molecule has 7 heteroatoms. The minimum absolute atomic E-state index is 0.411. The molecule has 1 saturated carbocycles. The number of carbonyl (C=O) groups excluding carboxylic acids is 1. The summed E-state index contributed by atoms with van der Waals surface area (Å²) in [6.07, 6.45) is 2.25. The van der Waals surface area contributed by atoms with E-state index in [0.29, 0.717) is 28.4 Å². The lowest BCUT2D eigenvalue weighted by Crippen LogP contribution is -2.15. The lowest BCUT2D eigenvalue weighted by molar-refractivity contribution is 0.0603. The molecule has 120 valence electrons. The van der Waals surface area contributed by atoms with Crippen LogP contribution in [0.5, 0.6) is 0 Å². The summed E-state index contributed by atoms with van der Waals surface area (Å²) in [5.41, 5.74) is 3.79. The van der Waals surface area contributed by atoms with Crippen LogP contribution in [0.15, 0.2) is 22.2 Å². The maximum Gasteiger partial charge on any atom is 0.340 e. The Bertz CT molecular complexity index is 830. The van der Waals surface area contributed by atoms with Crippen molar-refractivity contribution in [2.24, 2.45) is 15.9 Å². The number of benzene rings is 1. The zero-order chi connectivity index (χ0) is 16.6. The average molecular weight is 313 g/mol. The minimum Gasteiger partial charge on any atom is -0.465 e. The van der Waals surface area contributed by atoms with Gasteiger partial charge in [0.05, 0.1) is 29.6 Å². The molecule has 0 amide bonds. The summed E-state index contributed by atoms with van der Waals surface area (Å²) >= 11 is 0. The fraction of sp³-hybridized carbons (Fsp3) is 0.375. The Morgan fingerprint density at radius 3 is 2.74 bits per heavy atom. The van der Waals surface area contributed by atoms with E-state index in [1.807, 2.05) is 6.07 Å². The van der Waals surface area contributed by atoms with Crippen molar-refractivity contribution in [1.82, 2.24) is 9.97 Å². The number of H-pyrrole nitrogens is 1. The van der Waals surface area contributed by atoms with Crippen molar-refractivity contribution in [3.8, 4) is 0 Å². The molecule has 0 unspecified atom stereocenters. The van der Waals surface area contributed by atoms with E-state index < -0.39 is 5.97 Å². The number of nitrogens with one attached hydrogen (secondary N) is 1. The van der Waals surface area contributed by atoms with Crippen LogP contribution >= 0.6 is 0 Å². The van der Waals surface area contributed by atoms with Crippen molar-refractivity contribution in [2.75, 3.05) is 14.2 Å². The number of rotatable bonds is 4. The molecule has 0 bridgehead atoms. The number of carbonyl (C=O) groups is 1. The summed E-state index contributed by atoms with van der Waals surface area (Å²) in [5.74, 6) is 6.32. The number of hydrazone groups is 1. The highest BCUT2D eigenvalue weighted by molar-refractivity contribution is 6.47. The SMILES string of the molecule is CN=C(C(C)=NN)c1cc(C(=O)OC)c2nc(C3CC3)[nH]c2c1. The van der Waals surface area contributed by atoms with Gasteiger partial charge in [-0.15, -0.1) is 0 Å². The van der Waals surface area contributed by atoms with E-state index in [0.717, 1.165) is 29.7 Å². The number of imidazole rings is 1. The highest BCUT2D eigenvalue weighted by Crippen LogP contribution is 2.39. The average Bonchev–Trinajstić information content (AvgIpc) is 3.33. The predicted octanol–water partition coefficient (Wildman–Crippen LogP) is 1.98. The standard InChI is InChI=1S/C16H19N5O2/c1-8(21-17)13(18-2)10-6-11(16(22)23-3)14-12(7-10)19-15(20-14)9-4-5-9/h6-7,9H,4-5,17H2,1-3H3,(H,19,20). The van der Waals surface area contributed by atoms with Crippen molar-refractivity contribution >= 4 is 28.4 Å². The number of aromatic nitrogens is 2. The van der Waals surface area contributed by atoms with E-state index in [2.05, 4.69) is 20.1 Å². The van der Waals surface area contributed by atoms with Crippen molar-refractivity contribution in [3.63, 3.8) is 0 Å². The molecule has 0 radical (unpaired) electrons. The van der Waals surface area contributed by atoms with Crippen molar-refractivity contribution in [2.45, 2.75) is 25.7 Å². The smallest absolute Gasteiger partial charge is 0.340 e. The summed E-state index contributed by atoms with van der Waals surface area (Å²) in [5, 5.41) is 3.70. The Labute approximate surface area is 133 Å². The van der Waals surface area contributed by atoms with E-state index in [1.165, 1.54) is 7.11 Å². The molecule has 2 aromatic rings. The summed E-state index contributed by atoms with van der Waals surface area (Å²) in [7, 11) is 3.02. The molecule has 0 aliphatic heterocycles. The van der Waals surface area contributed by atoms with Gasteiger partial charge in [0.2, 0.25) is 0 Å². The Hall–Kier alpha value is -2.70. The number of esters is 1. The molecule has 0 spiro atoms. The first-order valence-electron chi connectivity index (χ1n) is 7.43. The molecular formula is C16H19N5O2. The van der Waals surface area contributed by atoms with Crippen molar-refractivity contribution < 1.29 is 9.53 Å². The zero-order valence-electron chi connectivity index (χ0n) is 13.4. The predicted molar refractivity (Wildman–Crippen MR) is 89.2 cm³/mol. The van der Waals surface area contributed by atoms with Gasteiger partial charge in [0.1, 0.15) is 11.3 Å². The van der Waals surface area contributed by atoms with Gasteiger partial charge in [-0.25, -0.2) is 9.78 Å². The molecule has 1 aliphatic carbocycles. The van der Waals surface area contributed by atoms with Gasteiger partial charge in [0.25, 0.3) is 0 Å². The summed E-state index contributed by atoms with van der Waals surface area (Å²) in [4.78, 5) is 24.3. The van der Waals surface area contributed by atoms with E-state index >= 15 is 0 Å². The van der Waals surface area contributed by atoms with Gasteiger partial charge >= 0.3 is 5.97 Å². The molecule has 1 aliphatic rings. The molecule has 1 heterocycles. The van der Waals surface area contributed by atoms with Crippen LogP contribution < -0.4 is 5.84 Å². The van der Waals surface area contributed by atoms with Crippen LogP contribution in [-0.2, 0) is 4.74 Å². The second kappa shape index (κ2) is 5.83. The zero-order valence-corrected chi connectivity index (χ0v) is 13.4. The van der Waals surface area contributed by atoms with Crippen LogP contribution in [0, 0.1) is 0 Å². The highest BCUT2D eigenvalue weighted by Gasteiger charge is 2.28. The normalized spacial score (nSPS) is 16.0. The number of nitrogens with zero attached hydrogens (tertiary/aromatic N) is 3. The molecule has 3 rings (SSSR count). The monoisotopic (exact) mass is 313 g/mol. The number of aromatic amines is 1. The molecule has 1 aromatic carbocycles. The van der Waals surface area contributed by atoms with Crippen LogP contribution in [0.1, 0.15) is 47.4 Å². The Morgan fingerprint density at radius 1 is 1.43 bits per heavy atom. The fourth-order valence-corrected chi connectivity index (χ4v) is 2.65. The maximum atomic E-state index is 12.2. The molecule has 3 N–H and O–H groups in total. The minimum atomic E-state index is -0.427. The topological polar surface area (TPSA) is 106 Å². The number of hydrogen-bond donors (Lipinski definition) is 2. The lowest BCUT2D eigenvalue weighted by Gasteiger charge is -2.08. The number of ether oxygens (including phenoxy) is 1. The van der Waals surface area contributed by atoms with E-state index in [-0.39, 0.29) is 0 Å². The number of hydrogen-bond acceptors (Lipinski definition) is 6. The molecular weight excluding hydrogens is 294 g/mol. The van der Waals surface area contributed by atoms with Crippen LogP contribution in [0.2, 0.25) is 0 Å². The van der Waals surface area contributed by atoms with Gasteiger partial charge in [-0.05, 0) is 31.9 Å². The third-order valence-electron chi connectivity index (χ3n) is 4.01. The van der Waals surface area contributed by atoms with Gasteiger partial charge < -0.3 is 15.6 Å². The number of aliphatic imine (C=N–C) groups is 1. The second-order valence-corrected chi connectivity index (χ2v) is 5.59. The van der Waals surface area contributed by atoms with Gasteiger partial charge in [0.15, 0.2) is 0 Å². The first kappa shape index (κ1) is 15.2. The number of nitrogens with two attached hydrogens (primary N) is 1. The number of fused-ring (bicyclic) bond motifs is 1. The summed E-state index contributed by atoms with van der Waals surface area (Å²) < 4.78 is 4.90. The number of methoxy groups -OCH3 is 1. The molecule has 1 fully saturated rings. The quantitative estimate of drug-likeness (QED) is 0.389. The van der Waals surface area contributed by atoms with Crippen LogP contribution in [0.25, 0.3) is 11.0 Å². The van der Waals surface area contributed by atoms with Gasteiger partial charge in [0, 0.05) is 18.5 Å². The van der Waals surface area contributed by atoms with Gasteiger partial charge in [-0.2, -0.15) is 5.10 Å². The third kappa shape index (κ3) is 2.69. The molecule has 0 saturated heterocycles. The van der Waals surface area contributed by atoms with E-state index in [9.17, 15) is 4.79 Å². The Morgan fingerprint density at radius 2 is 2.17 bits per heavy atom.